The van der Waals surface area contributed by atoms with E-state index in [4.69, 9.17) is 0 Å². The van der Waals surface area contributed by atoms with Gasteiger partial charge in [0.25, 0.3) is 11.9 Å². The van der Waals surface area contributed by atoms with Crippen molar-refractivity contribution in [2.24, 2.45) is 0 Å². The summed E-state index contributed by atoms with van der Waals surface area (Å²) in [5, 5.41) is 15.4. The lowest BCUT2D eigenvalue weighted by Gasteiger charge is -2.18. The van der Waals surface area contributed by atoms with E-state index in [1.165, 1.54) is 0 Å². The minimum atomic E-state index is -1.03. The van der Waals surface area contributed by atoms with Gasteiger partial charge in [0.15, 0.2) is 3.23 Å². The lowest BCUT2D eigenvalue weighted by Crippen LogP contribution is -2.29. The van der Waals surface area contributed by atoms with Gasteiger partial charge in [-0.1, -0.05) is 67.3 Å². The van der Waals surface area contributed by atoms with Crippen LogP contribution in [0.1, 0.15) is 5.56 Å². The fraction of sp³-hybridized carbons (Fsp3) is 0.111. The molecule has 1 amide bonds. The maximum absolute atomic E-state index is 12.0. The van der Waals surface area contributed by atoms with E-state index >= 15 is 0 Å². The zero-order chi connectivity index (χ0) is 12.3. The molecule has 2 rings (SSSR count). The third-order valence-corrected chi connectivity index (χ3v) is 3.63. The first-order chi connectivity index (χ1) is 8.10. The maximum atomic E-state index is 12.0. The number of alkyl halides is 2. The van der Waals surface area contributed by atoms with Crippen LogP contribution in [-0.2, 0) is 8.03 Å². The number of anilines is 1. The summed E-state index contributed by atoms with van der Waals surface area (Å²) in [5.74, 6) is -0.223. The number of rotatable bonds is 3. The van der Waals surface area contributed by atoms with E-state index in [1.807, 2.05) is 30.3 Å². The number of carbonyl (C=O) groups excluding carboxylic acids is 1. The molecule has 0 aliphatic carbocycles. The number of carbonyl (C=O) groups is 1. The first-order valence-corrected chi connectivity index (χ1v) is 6.17. The predicted octanol–water partition coefficient (Wildman–Crippen LogP) is 1.78. The SMILES string of the molecule is O=C(Nc1nn[nH]n1)C(Br)(Br)c1ccccc1. The van der Waals surface area contributed by atoms with Crippen LogP contribution in [0.4, 0.5) is 5.95 Å². The Labute approximate surface area is 113 Å². The normalized spacial score (nSPS) is 11.2. The number of amides is 1. The zero-order valence-electron chi connectivity index (χ0n) is 8.39. The van der Waals surface area contributed by atoms with Crippen molar-refractivity contribution in [1.82, 2.24) is 20.6 Å². The molecule has 6 nitrogen and oxygen atoms in total. The molecule has 0 saturated heterocycles. The Morgan fingerprint density at radius 2 is 2.00 bits per heavy atom. The van der Waals surface area contributed by atoms with E-state index in [2.05, 4.69) is 57.8 Å². The van der Waals surface area contributed by atoms with Gasteiger partial charge >= 0.3 is 0 Å². The fourth-order valence-corrected chi connectivity index (χ4v) is 1.90. The lowest BCUT2D eigenvalue weighted by atomic mass is 10.1. The molecule has 0 unspecified atom stereocenters. The molecule has 17 heavy (non-hydrogen) atoms. The molecule has 2 N–H and O–H groups in total. The molecule has 1 aromatic carbocycles. The minimum absolute atomic E-state index is 0.120. The number of nitrogens with zero attached hydrogens (tertiary/aromatic N) is 3. The number of benzene rings is 1. The molecule has 8 heteroatoms. The largest absolute Gasteiger partial charge is 0.290 e. The van der Waals surface area contributed by atoms with Gasteiger partial charge in [-0.05, 0) is 10.8 Å². The van der Waals surface area contributed by atoms with Crippen molar-refractivity contribution >= 4 is 43.7 Å². The van der Waals surface area contributed by atoms with Gasteiger partial charge < -0.3 is 0 Å². The summed E-state index contributed by atoms with van der Waals surface area (Å²) in [6.07, 6.45) is 0. The number of hydrogen-bond donors (Lipinski definition) is 2. The molecule has 0 fully saturated rings. The summed E-state index contributed by atoms with van der Waals surface area (Å²) in [7, 11) is 0. The maximum Gasteiger partial charge on any atom is 0.269 e. The van der Waals surface area contributed by atoms with E-state index in [0.29, 0.717) is 0 Å². The van der Waals surface area contributed by atoms with Crippen LogP contribution in [0.15, 0.2) is 30.3 Å². The second-order valence-electron chi connectivity index (χ2n) is 3.13. The fourth-order valence-electron chi connectivity index (χ4n) is 1.17. The lowest BCUT2D eigenvalue weighted by molar-refractivity contribution is -0.116. The number of aromatic amines is 1. The van der Waals surface area contributed by atoms with Crippen molar-refractivity contribution in [2.45, 2.75) is 3.23 Å². The zero-order valence-corrected chi connectivity index (χ0v) is 11.6. The molecule has 0 aliphatic heterocycles. The van der Waals surface area contributed by atoms with Crippen LogP contribution in [0, 0.1) is 0 Å². The molecule has 0 bridgehead atoms. The molecule has 0 aliphatic rings. The Kier molecular flexibility index (Phi) is 3.53. The van der Waals surface area contributed by atoms with Gasteiger partial charge in [-0.2, -0.15) is 5.21 Å². The van der Waals surface area contributed by atoms with Crippen molar-refractivity contribution in [3.8, 4) is 0 Å². The smallest absolute Gasteiger partial charge is 0.269 e. The third-order valence-electron chi connectivity index (χ3n) is 1.99. The van der Waals surface area contributed by atoms with Crippen molar-refractivity contribution in [1.29, 1.82) is 0 Å². The van der Waals surface area contributed by atoms with E-state index in [0.717, 1.165) is 5.56 Å². The van der Waals surface area contributed by atoms with E-state index < -0.39 is 3.23 Å². The topological polar surface area (TPSA) is 83.6 Å². The van der Waals surface area contributed by atoms with E-state index in [9.17, 15) is 4.79 Å². The number of tetrazole rings is 1. The van der Waals surface area contributed by atoms with Gasteiger partial charge in [0.05, 0.1) is 0 Å². The van der Waals surface area contributed by atoms with Gasteiger partial charge in [-0.15, -0.1) is 5.10 Å². The predicted molar refractivity (Wildman–Crippen MR) is 68.8 cm³/mol. The molecule has 2 aromatic rings. The highest BCUT2D eigenvalue weighted by molar-refractivity contribution is 9.25. The monoisotopic (exact) mass is 359 g/mol. The summed E-state index contributed by atoms with van der Waals surface area (Å²) in [6, 6.07) is 9.19. The van der Waals surface area contributed by atoms with Crippen molar-refractivity contribution in [3.63, 3.8) is 0 Å². The van der Waals surface area contributed by atoms with Crippen molar-refractivity contribution in [3.05, 3.63) is 35.9 Å². The van der Waals surface area contributed by atoms with Gasteiger partial charge in [0.2, 0.25) is 0 Å². The minimum Gasteiger partial charge on any atom is -0.290 e. The van der Waals surface area contributed by atoms with Crippen LogP contribution >= 0.6 is 31.9 Å². The van der Waals surface area contributed by atoms with Gasteiger partial charge in [-0.3, -0.25) is 10.1 Å². The average Bonchev–Trinajstić information content (AvgIpc) is 2.83. The summed E-state index contributed by atoms with van der Waals surface area (Å²) in [4.78, 5) is 12.0. The molecule has 0 atom stereocenters. The molecular weight excluding hydrogens is 354 g/mol. The van der Waals surface area contributed by atoms with Crippen LogP contribution in [0.2, 0.25) is 0 Å². The number of hydrogen-bond acceptors (Lipinski definition) is 4. The molecule has 1 aromatic heterocycles. The van der Waals surface area contributed by atoms with Gasteiger partial charge in [0, 0.05) is 0 Å². The van der Waals surface area contributed by atoms with Crippen LogP contribution in [-0.4, -0.2) is 26.5 Å². The van der Waals surface area contributed by atoms with Crippen molar-refractivity contribution in [2.75, 3.05) is 5.32 Å². The number of aromatic nitrogens is 4. The number of nitrogens with one attached hydrogen (secondary N) is 2. The summed E-state index contributed by atoms with van der Waals surface area (Å²) >= 11 is 6.64. The van der Waals surface area contributed by atoms with Crippen LogP contribution < -0.4 is 5.32 Å². The standard InChI is InChI=1S/C9H7Br2N5O/c10-9(11,6-4-2-1-3-5-6)7(17)12-8-13-15-16-14-8/h1-5H,(H2,12,13,14,15,16,17). The molecule has 88 valence electrons. The second-order valence-corrected chi connectivity index (χ2v) is 6.57. The highest BCUT2D eigenvalue weighted by Gasteiger charge is 2.35. The number of halogens is 2. The van der Waals surface area contributed by atoms with Crippen LogP contribution in [0.25, 0.3) is 0 Å². The summed E-state index contributed by atoms with van der Waals surface area (Å²) < 4.78 is -1.03. The number of H-pyrrole nitrogens is 1. The van der Waals surface area contributed by atoms with Crippen LogP contribution in [0.3, 0.4) is 0 Å². The molecular formula is C9H7Br2N5O. The van der Waals surface area contributed by atoms with Crippen molar-refractivity contribution < 1.29 is 4.79 Å². The quantitative estimate of drug-likeness (QED) is 0.817. The average molecular weight is 361 g/mol. The van der Waals surface area contributed by atoms with Gasteiger partial charge in [-0.25, -0.2) is 0 Å². The van der Waals surface area contributed by atoms with E-state index in [1.54, 1.807) is 0 Å². The molecule has 1 heterocycles. The Morgan fingerprint density at radius 3 is 2.59 bits per heavy atom. The van der Waals surface area contributed by atoms with Gasteiger partial charge in [0.1, 0.15) is 0 Å². The summed E-state index contributed by atoms with van der Waals surface area (Å²) in [6.45, 7) is 0. The first-order valence-electron chi connectivity index (χ1n) is 4.59. The molecule has 0 spiro atoms. The Bertz CT molecular complexity index is 499. The highest BCUT2D eigenvalue weighted by atomic mass is 79.9. The summed E-state index contributed by atoms with van der Waals surface area (Å²) in [5.41, 5.74) is 0.765. The van der Waals surface area contributed by atoms with Crippen LogP contribution in [0.5, 0.6) is 0 Å². The highest BCUT2D eigenvalue weighted by Crippen LogP contribution is 2.38. The Morgan fingerprint density at radius 1 is 1.29 bits per heavy atom. The second kappa shape index (κ2) is 4.92. The molecule has 0 saturated carbocycles. The van der Waals surface area contributed by atoms with E-state index in [-0.39, 0.29) is 11.9 Å². The Hall–Kier alpha value is -1.28. The Balaban J connectivity index is 2.18. The third kappa shape index (κ3) is 2.70. The molecule has 0 radical (unpaired) electrons. The first kappa shape index (κ1) is 12.2.